The fraction of sp³-hybridized carbons (Fsp3) is 0.971. The van der Waals surface area contributed by atoms with Crippen molar-refractivity contribution in [3.63, 3.8) is 0 Å². The minimum atomic E-state index is -0.549. The summed E-state index contributed by atoms with van der Waals surface area (Å²) >= 11 is 0. The smallest absolute Gasteiger partial charge is 0.309 e. The van der Waals surface area contributed by atoms with Crippen LogP contribution in [0, 0.1) is 11.3 Å². The molecule has 0 aliphatic heterocycles. The molecule has 2 nitrogen and oxygen atoms in total. The lowest BCUT2D eigenvalue weighted by atomic mass is 9.74. The van der Waals surface area contributed by atoms with Crippen LogP contribution in [0.1, 0.15) is 207 Å². The predicted octanol–water partition coefficient (Wildman–Crippen LogP) is 12.7. The second-order valence-electron chi connectivity index (χ2n) is 12.7. The van der Waals surface area contributed by atoms with Gasteiger partial charge in [-0.1, -0.05) is 188 Å². The van der Waals surface area contributed by atoms with E-state index >= 15 is 0 Å². The largest absolute Gasteiger partial charge is 0.481 e. The van der Waals surface area contributed by atoms with Gasteiger partial charge in [0.1, 0.15) is 0 Å². The molecule has 0 aromatic heterocycles. The lowest BCUT2D eigenvalue weighted by molar-refractivity contribution is -0.149. The molecular formula is C35H70O2. The van der Waals surface area contributed by atoms with E-state index in [2.05, 4.69) is 27.7 Å². The molecule has 222 valence electrons. The van der Waals surface area contributed by atoms with Crippen molar-refractivity contribution >= 4 is 5.97 Å². The van der Waals surface area contributed by atoms with E-state index in [9.17, 15) is 9.90 Å². The highest BCUT2D eigenvalue weighted by molar-refractivity contribution is 5.74. The Labute approximate surface area is 234 Å². The summed E-state index contributed by atoms with van der Waals surface area (Å²) in [5.74, 6) is 0.0442. The summed E-state index contributed by atoms with van der Waals surface area (Å²) in [4.78, 5) is 12.4. The number of carbonyl (C=O) groups is 1. The van der Waals surface area contributed by atoms with E-state index in [0.29, 0.717) is 5.92 Å². The van der Waals surface area contributed by atoms with Gasteiger partial charge in [-0.25, -0.2) is 0 Å². The topological polar surface area (TPSA) is 37.3 Å². The maximum atomic E-state index is 12.4. The van der Waals surface area contributed by atoms with Gasteiger partial charge in [0.05, 0.1) is 5.41 Å². The molecule has 0 aromatic carbocycles. The van der Waals surface area contributed by atoms with E-state index in [-0.39, 0.29) is 0 Å². The Kier molecular flexibility index (Phi) is 26.7. The summed E-state index contributed by atoms with van der Waals surface area (Å²) < 4.78 is 0. The third-order valence-electron chi connectivity index (χ3n) is 8.77. The van der Waals surface area contributed by atoms with E-state index < -0.39 is 11.4 Å². The van der Waals surface area contributed by atoms with Gasteiger partial charge in [0.15, 0.2) is 0 Å². The standard InChI is InChI=1S/C35H70O2/c1-5-8-11-14-17-19-20-22-25-28-31-35(4,34(36)37)32-33(29-26-23-16-13-10-7-3)30-27-24-21-18-15-12-9-6-2/h33H,5-32H2,1-4H3,(H,36,37). The summed E-state index contributed by atoms with van der Waals surface area (Å²) in [6, 6.07) is 0. The van der Waals surface area contributed by atoms with Crippen LogP contribution in [0.3, 0.4) is 0 Å². The van der Waals surface area contributed by atoms with Crippen molar-refractivity contribution < 1.29 is 9.90 Å². The Morgan fingerprint density at radius 2 is 0.811 bits per heavy atom. The first-order valence-corrected chi connectivity index (χ1v) is 17.2. The lowest BCUT2D eigenvalue weighted by Gasteiger charge is -2.30. The molecule has 1 N–H and O–H groups in total. The molecule has 0 aliphatic carbocycles. The average Bonchev–Trinajstić information content (AvgIpc) is 2.88. The first-order chi connectivity index (χ1) is 18.0. The van der Waals surface area contributed by atoms with E-state index in [1.165, 1.54) is 161 Å². The van der Waals surface area contributed by atoms with Crippen LogP contribution in [-0.2, 0) is 4.79 Å². The monoisotopic (exact) mass is 523 g/mol. The highest BCUT2D eigenvalue weighted by atomic mass is 16.4. The van der Waals surface area contributed by atoms with Gasteiger partial charge in [0.25, 0.3) is 0 Å². The van der Waals surface area contributed by atoms with E-state index in [4.69, 9.17) is 0 Å². The molecule has 2 unspecified atom stereocenters. The minimum absolute atomic E-state index is 0.535. The van der Waals surface area contributed by atoms with Crippen LogP contribution >= 0.6 is 0 Å². The summed E-state index contributed by atoms with van der Waals surface area (Å²) in [6.07, 6.45) is 36.2. The van der Waals surface area contributed by atoms with Crippen molar-refractivity contribution in [3.05, 3.63) is 0 Å². The molecule has 0 bridgehead atoms. The number of aliphatic carboxylic acids is 1. The fourth-order valence-electron chi connectivity index (χ4n) is 6.06. The Bertz CT molecular complexity index is 474. The number of unbranched alkanes of at least 4 members (excludes halogenated alkanes) is 21. The number of hydrogen-bond donors (Lipinski definition) is 1. The van der Waals surface area contributed by atoms with Crippen molar-refractivity contribution in [1.29, 1.82) is 0 Å². The average molecular weight is 523 g/mol. The summed E-state index contributed by atoms with van der Waals surface area (Å²) in [7, 11) is 0. The molecule has 0 fully saturated rings. The highest BCUT2D eigenvalue weighted by Gasteiger charge is 2.34. The molecule has 0 radical (unpaired) electrons. The zero-order chi connectivity index (χ0) is 27.5. The van der Waals surface area contributed by atoms with Crippen molar-refractivity contribution in [2.45, 2.75) is 207 Å². The van der Waals surface area contributed by atoms with Crippen molar-refractivity contribution in [2.75, 3.05) is 0 Å². The first kappa shape index (κ1) is 36.5. The first-order valence-electron chi connectivity index (χ1n) is 17.2. The Morgan fingerprint density at radius 3 is 1.14 bits per heavy atom. The molecule has 0 rings (SSSR count). The van der Waals surface area contributed by atoms with Crippen LogP contribution < -0.4 is 0 Å². The van der Waals surface area contributed by atoms with Crippen LogP contribution in [-0.4, -0.2) is 11.1 Å². The maximum Gasteiger partial charge on any atom is 0.309 e. The van der Waals surface area contributed by atoms with Gasteiger partial charge in [0.2, 0.25) is 0 Å². The van der Waals surface area contributed by atoms with Crippen LogP contribution in [0.25, 0.3) is 0 Å². The molecule has 0 spiro atoms. The van der Waals surface area contributed by atoms with E-state index in [1.807, 2.05) is 0 Å². The summed E-state index contributed by atoms with van der Waals surface area (Å²) in [5, 5.41) is 10.2. The van der Waals surface area contributed by atoms with Crippen LogP contribution in [0.2, 0.25) is 0 Å². The summed E-state index contributed by atoms with van der Waals surface area (Å²) in [6.45, 7) is 8.90. The SMILES string of the molecule is CCCCCCCCCCCCC(C)(CC(CCCCCCCC)CCCCCCCCCC)C(=O)O. The van der Waals surface area contributed by atoms with Crippen LogP contribution in [0.4, 0.5) is 0 Å². The van der Waals surface area contributed by atoms with Crippen LogP contribution in [0.15, 0.2) is 0 Å². The number of rotatable bonds is 30. The normalized spacial score (nSPS) is 14.1. The van der Waals surface area contributed by atoms with Crippen molar-refractivity contribution in [2.24, 2.45) is 11.3 Å². The zero-order valence-corrected chi connectivity index (χ0v) is 26.2. The third kappa shape index (κ3) is 23.1. The maximum absolute atomic E-state index is 12.4. The number of hydrogen-bond acceptors (Lipinski definition) is 1. The van der Waals surface area contributed by atoms with Crippen molar-refractivity contribution in [3.8, 4) is 0 Å². The van der Waals surface area contributed by atoms with Gasteiger partial charge in [0, 0.05) is 0 Å². The van der Waals surface area contributed by atoms with Crippen LogP contribution in [0.5, 0.6) is 0 Å². The van der Waals surface area contributed by atoms with Gasteiger partial charge in [-0.2, -0.15) is 0 Å². The second kappa shape index (κ2) is 27.1. The van der Waals surface area contributed by atoms with Gasteiger partial charge >= 0.3 is 5.97 Å². The molecule has 0 aliphatic rings. The van der Waals surface area contributed by atoms with E-state index in [1.54, 1.807) is 0 Å². The second-order valence-corrected chi connectivity index (χ2v) is 12.7. The molecule has 37 heavy (non-hydrogen) atoms. The molecular weight excluding hydrogens is 452 g/mol. The molecule has 0 heterocycles. The summed E-state index contributed by atoms with van der Waals surface area (Å²) in [5.41, 5.74) is -0.535. The van der Waals surface area contributed by atoms with Crippen molar-refractivity contribution in [1.82, 2.24) is 0 Å². The van der Waals surface area contributed by atoms with Gasteiger partial charge in [-0.15, -0.1) is 0 Å². The minimum Gasteiger partial charge on any atom is -0.481 e. The molecule has 0 saturated heterocycles. The lowest BCUT2D eigenvalue weighted by Crippen LogP contribution is -2.30. The van der Waals surface area contributed by atoms with Gasteiger partial charge < -0.3 is 5.11 Å². The Hall–Kier alpha value is -0.530. The number of carboxylic acid groups (broad SMARTS) is 1. The molecule has 2 heteroatoms. The van der Waals surface area contributed by atoms with E-state index in [0.717, 1.165) is 19.3 Å². The predicted molar refractivity (Wildman–Crippen MR) is 166 cm³/mol. The molecule has 0 saturated carbocycles. The zero-order valence-electron chi connectivity index (χ0n) is 26.2. The molecule has 0 amide bonds. The highest BCUT2D eigenvalue weighted by Crippen LogP contribution is 2.37. The van der Waals surface area contributed by atoms with Gasteiger partial charge in [-0.3, -0.25) is 4.79 Å². The quantitative estimate of drug-likeness (QED) is 0.0952. The fourth-order valence-corrected chi connectivity index (χ4v) is 6.06. The Balaban J connectivity index is 4.46. The third-order valence-corrected chi connectivity index (χ3v) is 8.77. The number of carboxylic acids is 1. The Morgan fingerprint density at radius 1 is 0.514 bits per heavy atom. The molecule has 2 atom stereocenters. The van der Waals surface area contributed by atoms with Gasteiger partial charge in [-0.05, 0) is 25.7 Å². The molecule has 0 aromatic rings.